The molecule has 4 nitrogen and oxygen atoms in total. The van der Waals surface area contributed by atoms with Gasteiger partial charge in [0.05, 0.1) is 19.6 Å². The van der Waals surface area contributed by atoms with Gasteiger partial charge in [0, 0.05) is 0 Å². The van der Waals surface area contributed by atoms with Gasteiger partial charge < -0.3 is 9.94 Å². The number of amides is 1. The summed E-state index contributed by atoms with van der Waals surface area (Å²) in [6.07, 6.45) is 11.5. The molecule has 1 heterocycles. The van der Waals surface area contributed by atoms with Crippen LogP contribution in [0.1, 0.15) is 71.1 Å². The summed E-state index contributed by atoms with van der Waals surface area (Å²) < 4.78 is 4.49. The highest BCUT2D eigenvalue weighted by molar-refractivity contribution is 5.69. The van der Waals surface area contributed by atoms with Crippen molar-refractivity contribution in [3.05, 3.63) is 5.21 Å². The highest BCUT2D eigenvalue weighted by Gasteiger charge is 2.29. The zero-order valence-corrected chi connectivity index (χ0v) is 13.1. The molecule has 1 amide bonds. The molecule has 0 aromatic carbocycles. The van der Waals surface area contributed by atoms with Crippen LogP contribution in [0.15, 0.2) is 0 Å². The third kappa shape index (κ3) is 6.82. The zero-order valence-electron chi connectivity index (χ0n) is 13.1. The van der Waals surface area contributed by atoms with E-state index in [0.29, 0.717) is 32.7 Å². The Morgan fingerprint density at radius 3 is 2.00 bits per heavy atom. The monoisotopic (exact) mass is 285 g/mol. The van der Waals surface area contributed by atoms with Crippen molar-refractivity contribution >= 4 is 5.91 Å². The fourth-order valence-electron chi connectivity index (χ4n) is 2.68. The third-order valence-corrected chi connectivity index (χ3v) is 4.14. The molecule has 20 heavy (non-hydrogen) atoms. The molecule has 0 saturated carbocycles. The van der Waals surface area contributed by atoms with Crippen LogP contribution in [0.25, 0.3) is 0 Å². The van der Waals surface area contributed by atoms with E-state index in [2.05, 4.69) is 6.92 Å². The van der Waals surface area contributed by atoms with Crippen LogP contribution in [0.4, 0.5) is 0 Å². The maximum absolute atomic E-state index is 12.2. The van der Waals surface area contributed by atoms with Gasteiger partial charge in [0.1, 0.15) is 13.1 Å². The smallest absolute Gasteiger partial charge is 0.313 e. The van der Waals surface area contributed by atoms with Gasteiger partial charge >= 0.3 is 5.91 Å². The second-order valence-corrected chi connectivity index (χ2v) is 5.92. The molecule has 118 valence electrons. The van der Waals surface area contributed by atoms with Crippen LogP contribution in [-0.4, -0.2) is 36.9 Å². The molecule has 1 aliphatic rings. The minimum Gasteiger partial charge on any atom is -0.625 e. The van der Waals surface area contributed by atoms with Gasteiger partial charge in [0.2, 0.25) is 0 Å². The summed E-state index contributed by atoms with van der Waals surface area (Å²) >= 11 is 0. The van der Waals surface area contributed by atoms with E-state index in [9.17, 15) is 10.0 Å². The second kappa shape index (κ2) is 10.3. The number of ether oxygens (including phenoxy) is 1. The molecule has 1 aliphatic heterocycles. The molecule has 0 atom stereocenters. The van der Waals surface area contributed by atoms with Gasteiger partial charge in [-0.15, -0.1) is 0 Å². The second-order valence-electron chi connectivity index (χ2n) is 5.92. The average Bonchev–Trinajstić information content (AvgIpc) is 2.46. The molecule has 0 aromatic heterocycles. The van der Waals surface area contributed by atoms with E-state index in [1.165, 1.54) is 44.9 Å². The van der Waals surface area contributed by atoms with Crippen LogP contribution < -0.4 is 0 Å². The van der Waals surface area contributed by atoms with Crippen molar-refractivity contribution in [3.63, 3.8) is 0 Å². The Morgan fingerprint density at radius 2 is 1.45 bits per heavy atom. The fraction of sp³-hybridized carbons (Fsp3) is 0.938. The number of nitrogens with zero attached hydrogens (tertiary/aromatic N) is 1. The summed E-state index contributed by atoms with van der Waals surface area (Å²) in [7, 11) is 0. The van der Waals surface area contributed by atoms with Crippen LogP contribution in [0.2, 0.25) is 0 Å². The molecule has 0 aromatic rings. The summed E-state index contributed by atoms with van der Waals surface area (Å²) in [5.41, 5.74) is 0. The highest BCUT2D eigenvalue weighted by atomic mass is 16.6. The minimum atomic E-state index is -0.656. The first-order valence-corrected chi connectivity index (χ1v) is 8.38. The molecule has 0 radical (unpaired) electrons. The van der Waals surface area contributed by atoms with Crippen molar-refractivity contribution in [2.24, 2.45) is 0 Å². The van der Waals surface area contributed by atoms with Gasteiger partial charge in [-0.1, -0.05) is 58.3 Å². The first-order valence-electron chi connectivity index (χ1n) is 8.38. The number of quaternary nitrogens is 1. The Kier molecular flexibility index (Phi) is 9.07. The van der Waals surface area contributed by atoms with E-state index in [1.807, 2.05) is 0 Å². The third-order valence-electron chi connectivity index (χ3n) is 4.14. The molecule has 1 rings (SSSR count). The van der Waals surface area contributed by atoms with E-state index in [0.717, 1.165) is 12.8 Å². The quantitative estimate of drug-likeness (QED) is 0.349. The van der Waals surface area contributed by atoms with Crippen molar-refractivity contribution < 1.29 is 14.2 Å². The Hall–Kier alpha value is -0.450. The van der Waals surface area contributed by atoms with Gasteiger partial charge in [0.25, 0.3) is 0 Å². The van der Waals surface area contributed by atoms with Crippen LogP contribution in [0.5, 0.6) is 0 Å². The molecule has 0 unspecified atom stereocenters. The van der Waals surface area contributed by atoms with E-state index in [4.69, 9.17) is 4.74 Å². The normalized spacial score (nSPS) is 18.1. The molecule has 0 spiro atoms. The first-order chi connectivity index (χ1) is 9.69. The molecule has 0 N–H and O–H groups in total. The topological polar surface area (TPSA) is 49.4 Å². The summed E-state index contributed by atoms with van der Waals surface area (Å²) in [5.74, 6) is -0.142. The van der Waals surface area contributed by atoms with Gasteiger partial charge in [-0.3, -0.25) is 4.65 Å². The predicted octanol–water partition coefficient (Wildman–Crippen LogP) is 3.78. The van der Waals surface area contributed by atoms with E-state index >= 15 is 0 Å². The van der Waals surface area contributed by atoms with Crippen molar-refractivity contribution in [3.8, 4) is 0 Å². The minimum absolute atomic E-state index is 0.142. The number of hydroxylamine groups is 3. The zero-order chi connectivity index (χ0) is 14.7. The number of hydrogen-bond acceptors (Lipinski definition) is 3. The molecule has 1 saturated heterocycles. The number of carbonyl (C=O) groups is 1. The summed E-state index contributed by atoms with van der Waals surface area (Å²) in [4.78, 5) is 11.9. The predicted molar refractivity (Wildman–Crippen MR) is 81.0 cm³/mol. The number of carbonyl (C=O) groups excluding carboxylic acids is 1. The molecular weight excluding hydrogens is 254 g/mol. The van der Waals surface area contributed by atoms with Crippen molar-refractivity contribution in [2.75, 3.05) is 26.3 Å². The van der Waals surface area contributed by atoms with Crippen LogP contribution in [0, 0.1) is 5.21 Å². The lowest BCUT2D eigenvalue weighted by atomic mass is 10.1. The van der Waals surface area contributed by atoms with Gasteiger partial charge in [-0.2, -0.15) is 0 Å². The van der Waals surface area contributed by atoms with Gasteiger partial charge in [-0.25, -0.2) is 4.79 Å². The number of unbranched alkanes of at least 4 members (excludes halogenated alkanes) is 8. The lowest BCUT2D eigenvalue weighted by molar-refractivity contribution is -0.814. The number of rotatable bonds is 10. The molecule has 4 heteroatoms. The van der Waals surface area contributed by atoms with Crippen LogP contribution in [0.3, 0.4) is 0 Å². The molecule has 1 fully saturated rings. The Bertz CT molecular complexity index is 262. The number of hydrogen-bond donors (Lipinski definition) is 0. The van der Waals surface area contributed by atoms with Crippen molar-refractivity contribution in [2.45, 2.75) is 71.1 Å². The standard InChI is InChI=1S/C16H31NO3/c1-2-3-4-5-6-7-8-9-10-11-16(18)17(19)12-14-20-15-13-17/h2-15H2,1H3. The summed E-state index contributed by atoms with van der Waals surface area (Å²) in [6, 6.07) is 0. The fourth-order valence-corrected chi connectivity index (χ4v) is 2.68. The van der Waals surface area contributed by atoms with E-state index < -0.39 is 4.65 Å². The lowest BCUT2D eigenvalue weighted by Crippen LogP contribution is -2.54. The maximum atomic E-state index is 12.2. The summed E-state index contributed by atoms with van der Waals surface area (Å²) in [6.45, 7) is 3.68. The van der Waals surface area contributed by atoms with Gasteiger partial charge in [0.15, 0.2) is 0 Å². The molecule has 0 bridgehead atoms. The van der Waals surface area contributed by atoms with Crippen LogP contribution >= 0.6 is 0 Å². The number of morpholine rings is 1. The lowest BCUT2D eigenvalue weighted by Gasteiger charge is -2.42. The Morgan fingerprint density at radius 1 is 0.950 bits per heavy atom. The molecular formula is C16H31NO3. The van der Waals surface area contributed by atoms with Gasteiger partial charge in [-0.05, 0) is 6.42 Å². The Labute approximate surface area is 123 Å². The first kappa shape index (κ1) is 17.6. The van der Waals surface area contributed by atoms with E-state index in [1.54, 1.807) is 0 Å². The van der Waals surface area contributed by atoms with E-state index in [-0.39, 0.29) is 5.91 Å². The van der Waals surface area contributed by atoms with Crippen LogP contribution in [-0.2, 0) is 9.53 Å². The largest absolute Gasteiger partial charge is 0.625 e. The highest BCUT2D eigenvalue weighted by Crippen LogP contribution is 2.15. The molecule has 0 aliphatic carbocycles. The van der Waals surface area contributed by atoms with Crippen molar-refractivity contribution in [1.82, 2.24) is 0 Å². The maximum Gasteiger partial charge on any atom is 0.313 e. The SMILES string of the molecule is CCCCCCCCCCCC(=O)[N+]1([O-])CCOCC1. The Balaban J connectivity index is 1.96. The average molecular weight is 285 g/mol. The van der Waals surface area contributed by atoms with Crippen molar-refractivity contribution in [1.29, 1.82) is 0 Å². The summed E-state index contributed by atoms with van der Waals surface area (Å²) in [5, 5.41) is 12.2.